The third kappa shape index (κ3) is 5.48. The molecule has 2 aromatic rings. The van der Waals surface area contributed by atoms with Gasteiger partial charge in [0, 0.05) is 43.5 Å². The number of aromatic nitrogens is 1. The molecule has 1 aromatic heterocycles. The normalized spacial score (nSPS) is 16.2. The van der Waals surface area contributed by atoms with E-state index in [1.165, 1.54) is 6.07 Å². The van der Waals surface area contributed by atoms with Crippen molar-refractivity contribution < 1.29 is 18.6 Å². The molecule has 2 N–H and O–H groups in total. The number of ether oxygens (including phenoxy) is 3. The van der Waals surface area contributed by atoms with Crippen molar-refractivity contribution in [1.82, 2.24) is 15.6 Å². The van der Waals surface area contributed by atoms with Gasteiger partial charge in [-0.2, -0.15) is 0 Å². The van der Waals surface area contributed by atoms with E-state index in [4.69, 9.17) is 19.2 Å². The van der Waals surface area contributed by atoms with Crippen LogP contribution in [0.2, 0.25) is 0 Å². The lowest BCUT2D eigenvalue weighted by atomic mass is 10.1. The molecule has 1 atom stereocenters. The van der Waals surface area contributed by atoms with Crippen molar-refractivity contribution in [1.29, 1.82) is 0 Å². The summed E-state index contributed by atoms with van der Waals surface area (Å²) in [6, 6.07) is 6.83. The molecule has 168 valence electrons. The molecule has 8 nitrogen and oxygen atoms in total. The molecular weight excluding hydrogens is 401 g/mol. The Labute approximate surface area is 182 Å². The molecule has 0 spiro atoms. The molecular formula is C22H30FN5O3. The van der Waals surface area contributed by atoms with E-state index in [-0.39, 0.29) is 11.9 Å². The van der Waals surface area contributed by atoms with Gasteiger partial charge in [-0.3, -0.25) is 0 Å². The fourth-order valence-electron chi connectivity index (χ4n) is 3.57. The quantitative estimate of drug-likeness (QED) is 0.491. The van der Waals surface area contributed by atoms with Crippen molar-refractivity contribution in [3.8, 4) is 17.2 Å². The van der Waals surface area contributed by atoms with Gasteiger partial charge in [-0.25, -0.2) is 14.4 Å². The summed E-state index contributed by atoms with van der Waals surface area (Å²) >= 11 is 0. The van der Waals surface area contributed by atoms with Crippen molar-refractivity contribution in [2.75, 3.05) is 45.9 Å². The fraction of sp³-hybridized carbons (Fsp3) is 0.455. The minimum absolute atomic E-state index is 0.131. The van der Waals surface area contributed by atoms with Crippen LogP contribution in [0.4, 0.5) is 10.2 Å². The zero-order chi connectivity index (χ0) is 22.2. The van der Waals surface area contributed by atoms with E-state index >= 15 is 0 Å². The number of aliphatic imine (C=N–C) groups is 1. The molecule has 0 amide bonds. The first-order valence-electron chi connectivity index (χ1n) is 10.3. The maximum absolute atomic E-state index is 14.1. The average molecular weight is 432 g/mol. The first kappa shape index (κ1) is 22.5. The summed E-state index contributed by atoms with van der Waals surface area (Å²) in [6.45, 7) is 4.51. The van der Waals surface area contributed by atoms with Gasteiger partial charge in [-0.15, -0.1) is 0 Å². The summed E-state index contributed by atoms with van der Waals surface area (Å²) < 4.78 is 30.3. The summed E-state index contributed by atoms with van der Waals surface area (Å²) in [7, 11) is 4.80. The Hall–Kier alpha value is -3.23. The van der Waals surface area contributed by atoms with Gasteiger partial charge in [0.2, 0.25) is 0 Å². The maximum Gasteiger partial charge on any atom is 0.191 e. The molecule has 1 aromatic carbocycles. The number of pyridine rings is 1. The molecule has 3 rings (SSSR count). The molecule has 1 saturated heterocycles. The number of nitrogens with one attached hydrogen (secondary N) is 2. The van der Waals surface area contributed by atoms with Gasteiger partial charge in [-0.05, 0) is 31.5 Å². The van der Waals surface area contributed by atoms with E-state index in [9.17, 15) is 4.39 Å². The highest BCUT2D eigenvalue weighted by Crippen LogP contribution is 2.35. The average Bonchev–Trinajstić information content (AvgIpc) is 3.25. The lowest BCUT2D eigenvalue weighted by Gasteiger charge is -2.20. The van der Waals surface area contributed by atoms with Crippen molar-refractivity contribution in [3.63, 3.8) is 0 Å². The Kier molecular flexibility index (Phi) is 7.75. The molecule has 1 aliphatic heterocycles. The number of anilines is 1. The van der Waals surface area contributed by atoms with Gasteiger partial charge in [0.15, 0.2) is 29.1 Å². The summed E-state index contributed by atoms with van der Waals surface area (Å²) in [5.74, 6) is 2.68. The summed E-state index contributed by atoms with van der Waals surface area (Å²) in [4.78, 5) is 10.8. The predicted molar refractivity (Wildman–Crippen MR) is 119 cm³/mol. The van der Waals surface area contributed by atoms with Gasteiger partial charge in [-0.1, -0.05) is 0 Å². The smallest absolute Gasteiger partial charge is 0.191 e. The van der Waals surface area contributed by atoms with Crippen LogP contribution in [-0.2, 0) is 6.54 Å². The van der Waals surface area contributed by atoms with E-state index in [0.29, 0.717) is 42.1 Å². The fourth-order valence-corrected chi connectivity index (χ4v) is 3.57. The molecule has 2 heterocycles. The molecule has 1 aliphatic rings. The van der Waals surface area contributed by atoms with Crippen LogP contribution in [-0.4, -0.2) is 57.9 Å². The largest absolute Gasteiger partial charge is 0.496 e. The number of benzene rings is 1. The summed E-state index contributed by atoms with van der Waals surface area (Å²) in [6.07, 6.45) is 2.47. The van der Waals surface area contributed by atoms with E-state index in [1.807, 2.05) is 17.9 Å². The number of halogens is 1. The van der Waals surface area contributed by atoms with Crippen molar-refractivity contribution in [3.05, 3.63) is 41.8 Å². The number of hydrogen-bond donors (Lipinski definition) is 2. The van der Waals surface area contributed by atoms with Crippen molar-refractivity contribution in [2.45, 2.75) is 25.9 Å². The van der Waals surface area contributed by atoms with Crippen LogP contribution in [0.25, 0.3) is 0 Å². The van der Waals surface area contributed by atoms with E-state index in [1.54, 1.807) is 39.7 Å². The number of hydrogen-bond acceptors (Lipinski definition) is 6. The summed E-state index contributed by atoms with van der Waals surface area (Å²) in [5.41, 5.74) is 0.876. The second-order valence-corrected chi connectivity index (χ2v) is 7.10. The third-order valence-electron chi connectivity index (χ3n) is 5.11. The SMILES string of the molecule is CCNC(=NCc1cc(OC)c(OC)cc1OC)NC1CCN(c2ncccc2F)C1. The van der Waals surface area contributed by atoms with Crippen LogP contribution in [0.3, 0.4) is 0 Å². The predicted octanol–water partition coefficient (Wildman–Crippen LogP) is 2.58. The third-order valence-corrected chi connectivity index (χ3v) is 5.11. The lowest BCUT2D eigenvalue weighted by molar-refractivity contribution is 0.347. The minimum Gasteiger partial charge on any atom is -0.496 e. The van der Waals surface area contributed by atoms with Crippen molar-refractivity contribution >= 4 is 11.8 Å². The second-order valence-electron chi connectivity index (χ2n) is 7.10. The van der Waals surface area contributed by atoms with Gasteiger partial charge < -0.3 is 29.7 Å². The molecule has 0 saturated carbocycles. The molecule has 9 heteroatoms. The van der Waals surface area contributed by atoms with Crippen LogP contribution in [0.1, 0.15) is 18.9 Å². The molecule has 0 aliphatic carbocycles. The van der Waals surface area contributed by atoms with E-state index in [2.05, 4.69) is 15.6 Å². The van der Waals surface area contributed by atoms with Gasteiger partial charge in [0.05, 0.1) is 27.9 Å². The Morgan fingerprint density at radius 2 is 1.94 bits per heavy atom. The monoisotopic (exact) mass is 431 g/mol. The van der Waals surface area contributed by atoms with Crippen LogP contribution in [0.15, 0.2) is 35.5 Å². The topological polar surface area (TPSA) is 80.2 Å². The van der Waals surface area contributed by atoms with Crippen molar-refractivity contribution in [2.24, 2.45) is 4.99 Å². The lowest BCUT2D eigenvalue weighted by Crippen LogP contribution is -2.44. The highest BCUT2D eigenvalue weighted by molar-refractivity contribution is 5.80. The molecule has 0 radical (unpaired) electrons. The molecule has 0 bridgehead atoms. The zero-order valence-corrected chi connectivity index (χ0v) is 18.4. The second kappa shape index (κ2) is 10.7. The van der Waals surface area contributed by atoms with E-state index in [0.717, 1.165) is 25.1 Å². The first-order chi connectivity index (χ1) is 15.1. The molecule has 1 unspecified atom stereocenters. The van der Waals surface area contributed by atoms with Gasteiger partial charge in [0.25, 0.3) is 0 Å². The Morgan fingerprint density at radius 1 is 1.19 bits per heavy atom. The highest BCUT2D eigenvalue weighted by Gasteiger charge is 2.26. The van der Waals surface area contributed by atoms with Crippen LogP contribution in [0, 0.1) is 5.82 Å². The Morgan fingerprint density at radius 3 is 2.61 bits per heavy atom. The number of methoxy groups -OCH3 is 3. The minimum atomic E-state index is -0.302. The highest BCUT2D eigenvalue weighted by atomic mass is 19.1. The van der Waals surface area contributed by atoms with Crippen LogP contribution in [0.5, 0.6) is 17.2 Å². The van der Waals surface area contributed by atoms with Crippen LogP contribution < -0.4 is 29.7 Å². The van der Waals surface area contributed by atoms with Crippen LogP contribution >= 0.6 is 0 Å². The van der Waals surface area contributed by atoms with Gasteiger partial charge in [0.1, 0.15) is 5.75 Å². The standard InChI is InChI=1S/C22H30FN5O3/c1-5-24-22(26-13-15-11-19(30-3)20(31-4)12-18(15)29-2)27-16-8-10-28(14-16)21-17(23)7-6-9-25-21/h6-7,9,11-12,16H,5,8,10,13-14H2,1-4H3,(H2,24,26,27). The Bertz CT molecular complexity index is 909. The van der Waals surface area contributed by atoms with E-state index < -0.39 is 0 Å². The number of nitrogens with zero attached hydrogens (tertiary/aromatic N) is 3. The molecule has 1 fully saturated rings. The summed E-state index contributed by atoms with van der Waals surface area (Å²) in [5, 5.41) is 6.71. The molecule has 31 heavy (non-hydrogen) atoms. The number of rotatable bonds is 8. The Balaban J connectivity index is 1.71. The first-order valence-corrected chi connectivity index (χ1v) is 10.3. The van der Waals surface area contributed by atoms with Gasteiger partial charge >= 0.3 is 0 Å². The number of guanidine groups is 1. The maximum atomic E-state index is 14.1. The zero-order valence-electron chi connectivity index (χ0n) is 18.4.